The number of hydrogen-bond donors (Lipinski definition) is 0. The molecule has 4 nitrogen and oxygen atoms in total. The van der Waals surface area contributed by atoms with E-state index in [0.717, 1.165) is 21.8 Å². The normalized spacial score (nSPS) is 11.2. The average molecular weight is 358 g/mol. The Morgan fingerprint density at radius 1 is 1.20 bits per heavy atom. The lowest BCUT2D eigenvalue weighted by molar-refractivity contribution is -0.144. The van der Waals surface area contributed by atoms with Crippen LogP contribution >= 0.6 is 11.8 Å². The van der Waals surface area contributed by atoms with E-state index in [1.807, 2.05) is 42.7 Å². The van der Waals surface area contributed by atoms with Crippen LogP contribution < -0.4 is 0 Å². The average Bonchev–Trinajstić information content (AvgIpc) is 2.92. The predicted octanol–water partition coefficient (Wildman–Crippen LogP) is 4.27. The summed E-state index contributed by atoms with van der Waals surface area (Å²) in [4.78, 5) is 16.4. The smallest absolute Gasteiger partial charge is 0.316 e. The molecule has 0 unspecified atom stereocenters. The minimum absolute atomic E-state index is 0.133. The second-order valence-electron chi connectivity index (χ2n) is 5.92. The molecule has 0 bridgehead atoms. The van der Waals surface area contributed by atoms with Gasteiger partial charge in [0.05, 0.1) is 29.4 Å². The Labute approximate surface area is 150 Å². The van der Waals surface area contributed by atoms with Crippen LogP contribution in [0.25, 0.3) is 11.0 Å². The summed E-state index contributed by atoms with van der Waals surface area (Å²) in [7, 11) is 0. The van der Waals surface area contributed by atoms with Gasteiger partial charge in [0.15, 0.2) is 5.16 Å². The molecule has 0 atom stereocenters. The summed E-state index contributed by atoms with van der Waals surface area (Å²) in [6.45, 7) is 4.21. The molecule has 1 heterocycles. The highest BCUT2D eigenvalue weighted by molar-refractivity contribution is 7.99. The monoisotopic (exact) mass is 358 g/mol. The Morgan fingerprint density at radius 2 is 1.92 bits per heavy atom. The molecule has 0 saturated heterocycles. The fourth-order valence-corrected chi connectivity index (χ4v) is 3.31. The molecule has 0 amide bonds. The number of halogens is 1. The fraction of sp³-hybridized carbons (Fsp3) is 0.263. The van der Waals surface area contributed by atoms with Gasteiger partial charge in [-0.2, -0.15) is 0 Å². The Hall–Kier alpha value is -2.34. The number of thioether (sulfide) groups is 1. The SMILES string of the molecule is CC(C)OC(=O)CSc1nc2ccccc2n1Cc1ccc(F)cc1. The minimum atomic E-state index is -0.264. The van der Waals surface area contributed by atoms with Gasteiger partial charge in [-0.15, -0.1) is 0 Å². The van der Waals surface area contributed by atoms with E-state index >= 15 is 0 Å². The molecule has 2 aromatic carbocycles. The highest BCUT2D eigenvalue weighted by Crippen LogP contribution is 2.25. The van der Waals surface area contributed by atoms with Crippen molar-refractivity contribution in [3.05, 3.63) is 59.9 Å². The zero-order valence-electron chi connectivity index (χ0n) is 14.1. The Balaban J connectivity index is 1.86. The molecule has 0 radical (unpaired) electrons. The number of imidazole rings is 1. The van der Waals surface area contributed by atoms with Crippen LogP contribution in [0.3, 0.4) is 0 Å². The molecular formula is C19H19FN2O2S. The van der Waals surface area contributed by atoms with E-state index in [9.17, 15) is 9.18 Å². The number of carbonyl (C=O) groups excluding carboxylic acids is 1. The van der Waals surface area contributed by atoms with E-state index in [4.69, 9.17) is 4.74 Å². The molecule has 0 aliphatic carbocycles. The van der Waals surface area contributed by atoms with Crippen molar-refractivity contribution in [2.45, 2.75) is 31.7 Å². The molecule has 25 heavy (non-hydrogen) atoms. The van der Waals surface area contributed by atoms with Gasteiger partial charge in [0.1, 0.15) is 5.82 Å². The van der Waals surface area contributed by atoms with Crippen LogP contribution in [-0.2, 0) is 16.1 Å². The first kappa shape index (κ1) is 17.5. The molecule has 0 N–H and O–H groups in total. The van der Waals surface area contributed by atoms with Gasteiger partial charge < -0.3 is 9.30 Å². The van der Waals surface area contributed by atoms with E-state index in [0.29, 0.717) is 6.54 Å². The van der Waals surface area contributed by atoms with Gasteiger partial charge in [-0.3, -0.25) is 4.79 Å². The number of carbonyl (C=O) groups is 1. The van der Waals surface area contributed by atoms with Gasteiger partial charge in [0, 0.05) is 0 Å². The first-order valence-corrected chi connectivity index (χ1v) is 9.03. The van der Waals surface area contributed by atoms with Crippen molar-refractivity contribution in [2.75, 3.05) is 5.75 Å². The van der Waals surface area contributed by atoms with Crippen LogP contribution in [0.2, 0.25) is 0 Å². The van der Waals surface area contributed by atoms with Gasteiger partial charge in [0.25, 0.3) is 0 Å². The maximum atomic E-state index is 13.1. The van der Waals surface area contributed by atoms with Gasteiger partial charge in [-0.05, 0) is 43.7 Å². The van der Waals surface area contributed by atoms with E-state index in [-0.39, 0.29) is 23.6 Å². The van der Waals surface area contributed by atoms with Crippen LogP contribution in [0, 0.1) is 5.82 Å². The lowest BCUT2D eigenvalue weighted by Gasteiger charge is -2.10. The number of ether oxygens (including phenoxy) is 1. The molecule has 1 aromatic heterocycles. The quantitative estimate of drug-likeness (QED) is 0.488. The van der Waals surface area contributed by atoms with Crippen molar-refractivity contribution in [3.8, 4) is 0 Å². The lowest BCUT2D eigenvalue weighted by atomic mass is 10.2. The number of nitrogens with zero attached hydrogens (tertiary/aromatic N) is 2. The minimum Gasteiger partial charge on any atom is -0.462 e. The number of hydrogen-bond acceptors (Lipinski definition) is 4. The van der Waals surface area contributed by atoms with Crippen LogP contribution in [0.4, 0.5) is 4.39 Å². The van der Waals surface area contributed by atoms with E-state index in [1.165, 1.54) is 23.9 Å². The first-order valence-electron chi connectivity index (χ1n) is 8.05. The summed E-state index contributed by atoms with van der Waals surface area (Å²) < 4.78 is 20.4. The molecule has 3 rings (SSSR count). The highest BCUT2D eigenvalue weighted by Gasteiger charge is 2.14. The second kappa shape index (κ2) is 7.70. The third-order valence-electron chi connectivity index (χ3n) is 3.56. The summed E-state index contributed by atoms with van der Waals surface area (Å²) >= 11 is 1.35. The number of rotatable bonds is 6. The van der Waals surface area contributed by atoms with Gasteiger partial charge in [-0.25, -0.2) is 9.37 Å². The Morgan fingerprint density at radius 3 is 2.64 bits per heavy atom. The van der Waals surface area contributed by atoms with E-state index in [1.54, 1.807) is 12.1 Å². The largest absolute Gasteiger partial charge is 0.462 e. The molecule has 0 aliphatic heterocycles. The number of esters is 1. The summed E-state index contributed by atoms with van der Waals surface area (Å²) in [6, 6.07) is 14.2. The highest BCUT2D eigenvalue weighted by atomic mass is 32.2. The Kier molecular flexibility index (Phi) is 5.38. The first-order chi connectivity index (χ1) is 12.0. The van der Waals surface area contributed by atoms with Crippen LogP contribution in [0.15, 0.2) is 53.7 Å². The van der Waals surface area contributed by atoms with Crippen molar-refractivity contribution >= 4 is 28.8 Å². The summed E-state index contributed by atoms with van der Waals surface area (Å²) in [5.41, 5.74) is 2.81. The van der Waals surface area contributed by atoms with Gasteiger partial charge in [-0.1, -0.05) is 36.0 Å². The van der Waals surface area contributed by atoms with E-state index in [2.05, 4.69) is 4.98 Å². The van der Waals surface area contributed by atoms with Crippen LogP contribution in [-0.4, -0.2) is 27.4 Å². The number of para-hydroxylation sites is 2. The van der Waals surface area contributed by atoms with Crippen LogP contribution in [0.1, 0.15) is 19.4 Å². The molecule has 6 heteroatoms. The third kappa shape index (κ3) is 4.39. The summed E-state index contributed by atoms with van der Waals surface area (Å²) in [5, 5.41) is 0.742. The molecular weight excluding hydrogens is 339 g/mol. The standard InChI is InChI=1S/C19H19FN2O2S/c1-13(2)24-18(23)12-25-19-21-16-5-3-4-6-17(16)22(19)11-14-7-9-15(20)10-8-14/h3-10,13H,11-12H2,1-2H3. The Bertz CT molecular complexity index is 875. The number of fused-ring (bicyclic) bond motifs is 1. The molecule has 3 aromatic rings. The van der Waals surface area contributed by atoms with Crippen molar-refractivity contribution in [2.24, 2.45) is 0 Å². The van der Waals surface area contributed by atoms with Gasteiger partial charge in [0.2, 0.25) is 0 Å². The van der Waals surface area contributed by atoms with Crippen molar-refractivity contribution in [1.82, 2.24) is 9.55 Å². The molecule has 130 valence electrons. The zero-order chi connectivity index (χ0) is 17.8. The number of benzene rings is 2. The maximum absolute atomic E-state index is 13.1. The summed E-state index contributed by atoms with van der Waals surface area (Å²) in [5.74, 6) is -0.323. The number of aromatic nitrogens is 2. The summed E-state index contributed by atoms with van der Waals surface area (Å²) in [6.07, 6.45) is -0.133. The maximum Gasteiger partial charge on any atom is 0.316 e. The van der Waals surface area contributed by atoms with Crippen molar-refractivity contribution in [1.29, 1.82) is 0 Å². The fourth-order valence-electron chi connectivity index (χ4n) is 2.51. The van der Waals surface area contributed by atoms with Crippen LogP contribution in [0.5, 0.6) is 0 Å². The second-order valence-corrected chi connectivity index (χ2v) is 6.87. The third-order valence-corrected chi connectivity index (χ3v) is 4.51. The molecule has 0 aliphatic rings. The van der Waals surface area contributed by atoms with Crippen molar-refractivity contribution < 1.29 is 13.9 Å². The van der Waals surface area contributed by atoms with E-state index < -0.39 is 0 Å². The van der Waals surface area contributed by atoms with Gasteiger partial charge >= 0.3 is 5.97 Å². The zero-order valence-corrected chi connectivity index (χ0v) is 14.9. The molecule has 0 spiro atoms. The topological polar surface area (TPSA) is 44.1 Å². The predicted molar refractivity (Wildman–Crippen MR) is 97.2 cm³/mol. The molecule has 0 saturated carbocycles. The van der Waals surface area contributed by atoms with Crippen molar-refractivity contribution in [3.63, 3.8) is 0 Å². The lowest BCUT2D eigenvalue weighted by Crippen LogP contribution is -2.13. The molecule has 0 fully saturated rings.